The van der Waals surface area contributed by atoms with Crippen LogP contribution in [0.3, 0.4) is 0 Å². The van der Waals surface area contributed by atoms with Gasteiger partial charge in [0.1, 0.15) is 0 Å². The van der Waals surface area contributed by atoms with Gasteiger partial charge in [-0.25, -0.2) is 5.43 Å². The largest absolute Gasteiger partial charge is 0.338 e. The predicted molar refractivity (Wildman–Crippen MR) is 71.5 cm³/mol. The van der Waals surface area contributed by atoms with Crippen molar-refractivity contribution in [1.29, 1.82) is 0 Å². The Kier molecular flexibility index (Phi) is 3.94. The minimum absolute atomic E-state index is 0.225. The van der Waals surface area contributed by atoms with E-state index < -0.39 is 0 Å². The third-order valence-electron chi connectivity index (χ3n) is 2.16. The van der Waals surface area contributed by atoms with Crippen molar-refractivity contribution in [3.8, 4) is 0 Å². The number of hydrogen-bond donors (Lipinski definition) is 3. The number of carbonyl (C=O) groups is 1. The maximum absolute atomic E-state index is 11.6. The molecule has 1 amide bonds. The summed E-state index contributed by atoms with van der Waals surface area (Å²) in [6.45, 7) is 0. The number of aromatic amines is 2. The second-order valence-electron chi connectivity index (χ2n) is 3.46. The van der Waals surface area contributed by atoms with Crippen LogP contribution in [0.25, 0.3) is 0 Å². The number of H-pyrrole nitrogens is 2. The molecular formula is C11H9N5O2S. The summed E-state index contributed by atoms with van der Waals surface area (Å²) in [5.74, 6) is -0.390. The number of nitrogens with zero attached hydrogens (tertiary/aromatic N) is 2. The molecule has 3 N–H and O–H groups in total. The molecule has 0 saturated carbocycles. The molecule has 0 unspecified atom stereocenters. The molecule has 2 rings (SSSR count). The Balaban J connectivity index is 2.06. The van der Waals surface area contributed by atoms with Gasteiger partial charge in [-0.1, -0.05) is 0 Å². The molecule has 96 valence electrons. The van der Waals surface area contributed by atoms with E-state index in [1.807, 2.05) is 0 Å². The molecule has 8 heteroatoms. The van der Waals surface area contributed by atoms with Crippen LogP contribution in [0.2, 0.25) is 0 Å². The summed E-state index contributed by atoms with van der Waals surface area (Å²) in [6.07, 6.45) is 5.63. The lowest BCUT2D eigenvalue weighted by Gasteiger charge is -1.98. The van der Waals surface area contributed by atoms with Gasteiger partial charge in [-0.3, -0.25) is 19.6 Å². The number of nitrogens with one attached hydrogen (secondary N) is 3. The van der Waals surface area contributed by atoms with Crippen LogP contribution in [0.15, 0.2) is 40.6 Å². The zero-order valence-electron chi connectivity index (χ0n) is 9.58. The van der Waals surface area contributed by atoms with E-state index in [0.717, 1.165) is 0 Å². The Morgan fingerprint density at radius 1 is 1.42 bits per heavy atom. The van der Waals surface area contributed by atoms with Crippen molar-refractivity contribution in [2.24, 2.45) is 5.10 Å². The highest BCUT2D eigenvalue weighted by molar-refractivity contribution is 7.71. The third-order valence-corrected chi connectivity index (χ3v) is 2.38. The molecule has 0 aliphatic heterocycles. The number of amides is 1. The first-order valence-corrected chi connectivity index (χ1v) is 5.63. The maximum atomic E-state index is 11.6. The number of rotatable bonds is 3. The van der Waals surface area contributed by atoms with Crippen molar-refractivity contribution in [2.75, 3.05) is 0 Å². The second-order valence-corrected chi connectivity index (χ2v) is 3.87. The molecule has 0 radical (unpaired) electrons. The Morgan fingerprint density at radius 2 is 2.16 bits per heavy atom. The number of carbonyl (C=O) groups excluding carboxylic acids is 1. The molecule has 2 aromatic rings. The van der Waals surface area contributed by atoms with Crippen LogP contribution < -0.4 is 11.0 Å². The molecule has 0 bridgehead atoms. The van der Waals surface area contributed by atoms with Crippen LogP contribution in [-0.4, -0.2) is 27.1 Å². The quantitative estimate of drug-likeness (QED) is 0.433. The van der Waals surface area contributed by atoms with Gasteiger partial charge in [0.15, 0.2) is 4.77 Å². The molecule has 2 heterocycles. The lowest BCUT2D eigenvalue weighted by molar-refractivity contribution is 0.0955. The zero-order chi connectivity index (χ0) is 13.7. The molecule has 19 heavy (non-hydrogen) atoms. The highest BCUT2D eigenvalue weighted by Crippen LogP contribution is 1.95. The van der Waals surface area contributed by atoms with E-state index in [0.29, 0.717) is 5.56 Å². The van der Waals surface area contributed by atoms with Gasteiger partial charge in [0.05, 0.1) is 11.8 Å². The van der Waals surface area contributed by atoms with E-state index in [1.54, 1.807) is 12.1 Å². The second kappa shape index (κ2) is 5.83. The van der Waals surface area contributed by atoms with Crippen LogP contribution in [0.1, 0.15) is 15.9 Å². The van der Waals surface area contributed by atoms with E-state index in [1.165, 1.54) is 24.8 Å². The molecule has 0 spiro atoms. The van der Waals surface area contributed by atoms with E-state index in [2.05, 4.69) is 25.5 Å². The summed E-state index contributed by atoms with van der Waals surface area (Å²) in [6, 6.07) is 3.11. The Morgan fingerprint density at radius 3 is 2.84 bits per heavy atom. The zero-order valence-corrected chi connectivity index (χ0v) is 10.4. The molecule has 0 fully saturated rings. The molecule has 0 saturated heterocycles. The SMILES string of the molecule is O=C(NN=Cc1c[nH]c(=S)[nH]c1=O)c1ccncc1. The molecule has 0 atom stereocenters. The fourth-order valence-electron chi connectivity index (χ4n) is 1.24. The fourth-order valence-corrected chi connectivity index (χ4v) is 1.40. The number of hydrazone groups is 1. The number of aromatic nitrogens is 3. The van der Waals surface area contributed by atoms with Gasteiger partial charge in [-0.15, -0.1) is 0 Å². The third kappa shape index (κ3) is 3.42. The highest BCUT2D eigenvalue weighted by atomic mass is 32.1. The van der Waals surface area contributed by atoms with E-state index in [-0.39, 0.29) is 21.8 Å². The fraction of sp³-hybridized carbons (Fsp3) is 0. The smallest absolute Gasteiger partial charge is 0.271 e. The summed E-state index contributed by atoms with van der Waals surface area (Å²) >= 11 is 4.75. The van der Waals surface area contributed by atoms with Crippen LogP contribution in [0.4, 0.5) is 0 Å². The first-order chi connectivity index (χ1) is 9.16. The molecule has 0 aliphatic rings. The van der Waals surface area contributed by atoms with Gasteiger partial charge in [-0.05, 0) is 24.4 Å². The van der Waals surface area contributed by atoms with Crippen molar-refractivity contribution >= 4 is 24.3 Å². The lowest BCUT2D eigenvalue weighted by Crippen LogP contribution is -2.19. The van der Waals surface area contributed by atoms with Crippen LogP contribution in [0.5, 0.6) is 0 Å². The van der Waals surface area contributed by atoms with Crippen molar-refractivity contribution in [2.45, 2.75) is 0 Å². The van der Waals surface area contributed by atoms with Gasteiger partial charge in [0.2, 0.25) is 0 Å². The summed E-state index contributed by atoms with van der Waals surface area (Å²) in [7, 11) is 0. The van der Waals surface area contributed by atoms with Crippen molar-refractivity contribution in [1.82, 2.24) is 20.4 Å². The average molecular weight is 275 g/mol. The van der Waals surface area contributed by atoms with Crippen LogP contribution in [-0.2, 0) is 0 Å². The minimum atomic E-state index is -0.390. The molecule has 0 aliphatic carbocycles. The summed E-state index contributed by atoms with van der Waals surface area (Å²) in [5.41, 5.74) is 2.59. The van der Waals surface area contributed by atoms with E-state index in [9.17, 15) is 9.59 Å². The molecule has 2 aromatic heterocycles. The monoisotopic (exact) mass is 275 g/mol. The lowest BCUT2D eigenvalue weighted by atomic mass is 10.3. The van der Waals surface area contributed by atoms with Gasteiger partial charge in [-0.2, -0.15) is 5.10 Å². The predicted octanol–water partition coefficient (Wildman–Crippen LogP) is 0.591. The van der Waals surface area contributed by atoms with Gasteiger partial charge in [0, 0.05) is 24.2 Å². The van der Waals surface area contributed by atoms with Gasteiger partial charge in [0.25, 0.3) is 11.5 Å². The highest BCUT2D eigenvalue weighted by Gasteiger charge is 2.02. The average Bonchev–Trinajstić information content (AvgIpc) is 2.42. The van der Waals surface area contributed by atoms with Gasteiger partial charge >= 0.3 is 0 Å². The maximum Gasteiger partial charge on any atom is 0.271 e. The van der Waals surface area contributed by atoms with Crippen LogP contribution in [0, 0.1) is 4.77 Å². The van der Waals surface area contributed by atoms with Crippen molar-refractivity contribution in [3.05, 3.63) is 57.0 Å². The first-order valence-electron chi connectivity index (χ1n) is 5.22. The Bertz CT molecular complexity index is 720. The van der Waals surface area contributed by atoms with Crippen LogP contribution >= 0.6 is 12.2 Å². The van der Waals surface area contributed by atoms with E-state index >= 15 is 0 Å². The van der Waals surface area contributed by atoms with E-state index in [4.69, 9.17) is 12.2 Å². The van der Waals surface area contributed by atoms with Crippen molar-refractivity contribution in [3.63, 3.8) is 0 Å². The Hall–Kier alpha value is -2.61. The number of hydrogen-bond acceptors (Lipinski definition) is 5. The number of pyridine rings is 1. The first kappa shape index (κ1) is 12.8. The van der Waals surface area contributed by atoms with Crippen molar-refractivity contribution < 1.29 is 4.79 Å². The topological polar surface area (TPSA) is 103 Å². The normalized spacial score (nSPS) is 10.5. The summed E-state index contributed by atoms with van der Waals surface area (Å²) < 4.78 is 0.225. The summed E-state index contributed by atoms with van der Waals surface area (Å²) in [4.78, 5) is 31.9. The molecular weight excluding hydrogens is 266 g/mol. The molecule has 0 aromatic carbocycles. The van der Waals surface area contributed by atoms with Gasteiger partial charge < -0.3 is 4.98 Å². The molecule has 7 nitrogen and oxygen atoms in total. The Labute approximate surface area is 112 Å². The minimum Gasteiger partial charge on any atom is -0.338 e. The summed E-state index contributed by atoms with van der Waals surface area (Å²) in [5, 5.41) is 3.69. The standard InChI is InChI=1S/C11H9N5O2S/c17-9-8(5-13-11(19)15-9)6-14-16-10(18)7-1-3-12-4-2-7/h1-6H,(H,16,18)(H2,13,15,17,19).